The zero-order chi connectivity index (χ0) is 13.1. The summed E-state index contributed by atoms with van der Waals surface area (Å²) in [6, 6.07) is 21.3. The van der Waals surface area contributed by atoms with Gasteiger partial charge in [-0.25, -0.2) is 0 Å². The van der Waals surface area contributed by atoms with Gasteiger partial charge in [0.05, 0.1) is 5.52 Å². The Balaban J connectivity index is 1.90. The third-order valence-electron chi connectivity index (χ3n) is 3.47. The molecule has 0 saturated heterocycles. The second-order valence-electron chi connectivity index (χ2n) is 4.93. The molecule has 0 fully saturated rings. The Hall–Kier alpha value is -2.15. The number of para-hydroxylation sites is 1. The summed E-state index contributed by atoms with van der Waals surface area (Å²) in [5.74, 6) is 0. The number of aromatic nitrogens is 1. The van der Waals surface area contributed by atoms with Gasteiger partial charge in [-0.3, -0.25) is 4.98 Å². The normalized spacial score (nSPS) is 10.8. The van der Waals surface area contributed by atoms with Crippen molar-refractivity contribution in [2.75, 3.05) is 0 Å². The topological polar surface area (TPSA) is 12.9 Å². The van der Waals surface area contributed by atoms with Crippen molar-refractivity contribution < 1.29 is 0 Å². The van der Waals surface area contributed by atoms with E-state index in [0.717, 1.165) is 24.1 Å². The van der Waals surface area contributed by atoms with Gasteiger partial charge in [-0.2, -0.15) is 0 Å². The maximum absolute atomic E-state index is 4.69. The average molecular weight is 247 g/mol. The van der Waals surface area contributed by atoms with Crippen molar-refractivity contribution in [2.45, 2.75) is 19.8 Å². The van der Waals surface area contributed by atoms with Crippen molar-refractivity contribution in [1.82, 2.24) is 4.98 Å². The molecule has 0 aliphatic heterocycles. The number of benzene rings is 2. The first-order valence-electron chi connectivity index (χ1n) is 6.72. The van der Waals surface area contributed by atoms with E-state index < -0.39 is 0 Å². The minimum absolute atomic E-state index is 1.04. The van der Waals surface area contributed by atoms with E-state index in [1.165, 1.54) is 16.5 Å². The van der Waals surface area contributed by atoms with E-state index in [1.807, 2.05) is 6.92 Å². The van der Waals surface area contributed by atoms with Crippen LogP contribution in [0.4, 0.5) is 0 Å². The van der Waals surface area contributed by atoms with Gasteiger partial charge >= 0.3 is 0 Å². The van der Waals surface area contributed by atoms with Crippen LogP contribution in [0.2, 0.25) is 0 Å². The molecule has 0 aliphatic rings. The smallest absolute Gasteiger partial charge is 0.0737 e. The summed E-state index contributed by atoms with van der Waals surface area (Å²) in [6.07, 6.45) is 2.10. The molecule has 0 aliphatic carbocycles. The van der Waals surface area contributed by atoms with Gasteiger partial charge in [0.15, 0.2) is 0 Å². The van der Waals surface area contributed by atoms with E-state index in [-0.39, 0.29) is 0 Å². The number of hydrogen-bond acceptors (Lipinski definition) is 1. The molecule has 0 bridgehead atoms. The van der Waals surface area contributed by atoms with Crippen molar-refractivity contribution in [3.63, 3.8) is 0 Å². The van der Waals surface area contributed by atoms with Crippen molar-refractivity contribution in [3.05, 3.63) is 77.5 Å². The van der Waals surface area contributed by atoms with E-state index in [9.17, 15) is 0 Å². The second kappa shape index (κ2) is 5.23. The average Bonchev–Trinajstić information content (AvgIpc) is 2.46. The van der Waals surface area contributed by atoms with E-state index >= 15 is 0 Å². The van der Waals surface area contributed by atoms with E-state index in [2.05, 4.69) is 65.6 Å². The molecule has 1 nitrogen and oxygen atoms in total. The Kier molecular flexibility index (Phi) is 3.28. The number of hydrogen-bond donors (Lipinski definition) is 0. The molecule has 0 atom stereocenters. The Morgan fingerprint density at radius 3 is 2.47 bits per heavy atom. The van der Waals surface area contributed by atoms with Crippen LogP contribution >= 0.6 is 0 Å². The van der Waals surface area contributed by atoms with Crippen LogP contribution in [0.5, 0.6) is 0 Å². The Bertz CT molecular complexity index is 686. The molecular weight excluding hydrogens is 230 g/mol. The minimum atomic E-state index is 1.04. The quantitative estimate of drug-likeness (QED) is 0.671. The Morgan fingerprint density at radius 2 is 1.63 bits per heavy atom. The highest BCUT2D eigenvalue weighted by Crippen LogP contribution is 2.19. The number of rotatable bonds is 3. The molecule has 19 heavy (non-hydrogen) atoms. The van der Waals surface area contributed by atoms with Crippen LogP contribution in [0.3, 0.4) is 0 Å². The summed E-state index contributed by atoms with van der Waals surface area (Å²) < 4.78 is 0. The maximum Gasteiger partial charge on any atom is 0.0737 e. The minimum Gasteiger partial charge on any atom is -0.253 e. The number of pyridine rings is 1. The molecule has 2 aromatic carbocycles. The van der Waals surface area contributed by atoms with Crippen molar-refractivity contribution in [1.29, 1.82) is 0 Å². The third-order valence-corrected chi connectivity index (χ3v) is 3.47. The van der Waals surface area contributed by atoms with Crippen LogP contribution in [0, 0.1) is 6.92 Å². The SMILES string of the molecule is Cc1ccc2cccc(CCc3ccccc3)c2n1. The van der Waals surface area contributed by atoms with Crippen LogP contribution in [-0.2, 0) is 12.8 Å². The molecule has 1 heteroatoms. The standard InChI is InChI=1S/C18H17N/c1-14-10-12-16-8-5-9-17(18(16)19-14)13-11-15-6-3-2-4-7-15/h2-10,12H,11,13H2,1H3. The Labute approximate surface area is 113 Å². The van der Waals surface area contributed by atoms with Gasteiger partial charge in [0.2, 0.25) is 0 Å². The van der Waals surface area contributed by atoms with Gasteiger partial charge in [0.25, 0.3) is 0 Å². The summed E-state index contributed by atoms with van der Waals surface area (Å²) in [7, 11) is 0. The van der Waals surface area contributed by atoms with Crippen LogP contribution in [0.15, 0.2) is 60.7 Å². The molecule has 0 unspecified atom stereocenters. The first-order chi connectivity index (χ1) is 9.33. The largest absolute Gasteiger partial charge is 0.253 e. The molecule has 0 spiro atoms. The lowest BCUT2D eigenvalue weighted by atomic mass is 10.0. The van der Waals surface area contributed by atoms with Crippen LogP contribution in [0.25, 0.3) is 10.9 Å². The van der Waals surface area contributed by atoms with E-state index in [4.69, 9.17) is 0 Å². The third kappa shape index (κ3) is 2.65. The lowest BCUT2D eigenvalue weighted by molar-refractivity contribution is 0.964. The monoisotopic (exact) mass is 247 g/mol. The van der Waals surface area contributed by atoms with Gasteiger partial charge < -0.3 is 0 Å². The summed E-state index contributed by atoms with van der Waals surface area (Å²) >= 11 is 0. The number of aryl methyl sites for hydroxylation is 3. The van der Waals surface area contributed by atoms with Crippen molar-refractivity contribution >= 4 is 10.9 Å². The molecule has 0 radical (unpaired) electrons. The number of nitrogens with zero attached hydrogens (tertiary/aromatic N) is 1. The first-order valence-corrected chi connectivity index (χ1v) is 6.72. The van der Waals surface area contributed by atoms with Gasteiger partial charge in [0.1, 0.15) is 0 Å². The van der Waals surface area contributed by atoms with Gasteiger partial charge in [-0.15, -0.1) is 0 Å². The maximum atomic E-state index is 4.69. The molecule has 0 amide bonds. The zero-order valence-electron chi connectivity index (χ0n) is 11.1. The molecule has 0 N–H and O–H groups in total. The summed E-state index contributed by atoms with van der Waals surface area (Å²) in [5.41, 5.74) is 4.95. The van der Waals surface area contributed by atoms with E-state index in [1.54, 1.807) is 0 Å². The lowest BCUT2D eigenvalue weighted by Crippen LogP contribution is -1.94. The van der Waals surface area contributed by atoms with Crippen molar-refractivity contribution in [3.8, 4) is 0 Å². The van der Waals surface area contributed by atoms with E-state index in [0.29, 0.717) is 0 Å². The van der Waals surface area contributed by atoms with Gasteiger partial charge in [0, 0.05) is 11.1 Å². The van der Waals surface area contributed by atoms with Crippen LogP contribution < -0.4 is 0 Å². The zero-order valence-corrected chi connectivity index (χ0v) is 11.1. The summed E-state index contributed by atoms with van der Waals surface area (Å²) in [5, 5.41) is 1.23. The van der Waals surface area contributed by atoms with Crippen LogP contribution in [-0.4, -0.2) is 4.98 Å². The highest BCUT2D eigenvalue weighted by Gasteiger charge is 2.03. The fourth-order valence-corrected chi connectivity index (χ4v) is 2.43. The van der Waals surface area contributed by atoms with Crippen molar-refractivity contribution in [2.24, 2.45) is 0 Å². The molecule has 1 heterocycles. The summed E-state index contributed by atoms with van der Waals surface area (Å²) in [6.45, 7) is 2.05. The predicted molar refractivity (Wildman–Crippen MR) is 80.3 cm³/mol. The fraction of sp³-hybridized carbons (Fsp3) is 0.167. The molecule has 3 aromatic rings. The first kappa shape index (κ1) is 11.9. The molecule has 94 valence electrons. The Morgan fingerprint density at radius 1 is 0.789 bits per heavy atom. The highest BCUT2D eigenvalue weighted by atomic mass is 14.7. The van der Waals surface area contributed by atoms with Gasteiger partial charge in [-0.05, 0) is 37.0 Å². The van der Waals surface area contributed by atoms with Gasteiger partial charge in [-0.1, -0.05) is 54.6 Å². The number of fused-ring (bicyclic) bond motifs is 1. The molecule has 0 saturated carbocycles. The highest BCUT2D eigenvalue weighted by molar-refractivity contribution is 5.81. The fourth-order valence-electron chi connectivity index (χ4n) is 2.43. The molecular formula is C18H17N. The molecule has 1 aromatic heterocycles. The second-order valence-corrected chi connectivity index (χ2v) is 4.93. The lowest BCUT2D eigenvalue weighted by Gasteiger charge is -2.07. The summed E-state index contributed by atoms with van der Waals surface area (Å²) in [4.78, 5) is 4.69. The predicted octanol–water partition coefficient (Wildman–Crippen LogP) is 4.33. The molecule has 3 rings (SSSR count). The van der Waals surface area contributed by atoms with Crippen LogP contribution in [0.1, 0.15) is 16.8 Å².